The largest absolute Gasteiger partial charge is 0.350 e. The Labute approximate surface area is 157 Å². The molecule has 138 valence electrons. The Morgan fingerprint density at radius 2 is 1.59 bits per heavy atom. The fourth-order valence-corrected chi connectivity index (χ4v) is 2.55. The summed E-state index contributed by atoms with van der Waals surface area (Å²) in [5.74, 6) is -0.392. The Bertz CT molecular complexity index is 861. The lowest BCUT2D eigenvalue weighted by Gasteiger charge is -2.08. The van der Waals surface area contributed by atoms with E-state index in [1.54, 1.807) is 11.0 Å². The van der Waals surface area contributed by atoms with Gasteiger partial charge in [0.2, 0.25) is 11.8 Å². The third kappa shape index (κ3) is 6.07. The van der Waals surface area contributed by atoms with E-state index >= 15 is 0 Å². The van der Waals surface area contributed by atoms with E-state index in [-0.39, 0.29) is 24.8 Å². The van der Waals surface area contributed by atoms with E-state index in [2.05, 4.69) is 20.7 Å². The molecule has 7 nitrogen and oxygen atoms in total. The number of benzene rings is 2. The standard InChI is InChI=1S/C20H21N5O2/c26-19(10-16-4-2-1-3-5-16)23-12-20(27)22-11-17-6-8-18(9-7-17)13-25-15-21-14-24-25/h1-9,14-15H,10-13H2,(H,22,27)(H,23,26). The Kier molecular flexibility index (Phi) is 6.30. The van der Waals surface area contributed by atoms with E-state index in [1.165, 1.54) is 6.33 Å². The molecule has 0 spiro atoms. The summed E-state index contributed by atoms with van der Waals surface area (Å²) in [5.41, 5.74) is 3.01. The minimum atomic E-state index is -0.219. The molecular weight excluding hydrogens is 342 g/mol. The van der Waals surface area contributed by atoms with Crippen molar-refractivity contribution in [3.05, 3.63) is 83.9 Å². The summed E-state index contributed by atoms with van der Waals surface area (Å²) in [4.78, 5) is 27.7. The molecule has 0 saturated heterocycles. The number of carbonyl (C=O) groups is 2. The second-order valence-electron chi connectivity index (χ2n) is 6.13. The third-order valence-corrected chi connectivity index (χ3v) is 3.98. The van der Waals surface area contributed by atoms with Crippen LogP contribution in [0.25, 0.3) is 0 Å². The highest BCUT2D eigenvalue weighted by molar-refractivity contribution is 5.85. The number of amides is 2. The highest BCUT2D eigenvalue weighted by atomic mass is 16.2. The van der Waals surface area contributed by atoms with Crippen molar-refractivity contribution in [2.75, 3.05) is 6.54 Å². The molecule has 2 aromatic carbocycles. The summed E-state index contributed by atoms with van der Waals surface area (Å²) >= 11 is 0. The van der Waals surface area contributed by atoms with Crippen LogP contribution in [0, 0.1) is 0 Å². The molecule has 3 aromatic rings. The SMILES string of the molecule is O=C(CNC(=O)Cc1ccccc1)NCc1ccc(Cn2cncn2)cc1. The van der Waals surface area contributed by atoms with Crippen LogP contribution in [0.3, 0.4) is 0 Å². The van der Waals surface area contributed by atoms with E-state index in [0.29, 0.717) is 13.1 Å². The Balaban J connectivity index is 1.38. The van der Waals surface area contributed by atoms with Gasteiger partial charge in [-0.05, 0) is 16.7 Å². The molecule has 0 fully saturated rings. The summed E-state index contributed by atoms with van der Waals surface area (Å²) < 4.78 is 1.74. The predicted octanol–water partition coefficient (Wildman–Crippen LogP) is 1.30. The lowest BCUT2D eigenvalue weighted by atomic mass is 10.1. The van der Waals surface area contributed by atoms with E-state index in [4.69, 9.17) is 0 Å². The average molecular weight is 363 g/mol. The maximum atomic E-state index is 11.9. The second-order valence-corrected chi connectivity index (χ2v) is 6.13. The van der Waals surface area contributed by atoms with Crippen LogP contribution < -0.4 is 10.6 Å². The second kappa shape index (κ2) is 9.28. The molecule has 0 radical (unpaired) electrons. The van der Waals surface area contributed by atoms with Crippen LogP contribution in [0.5, 0.6) is 0 Å². The molecule has 2 amide bonds. The lowest BCUT2D eigenvalue weighted by molar-refractivity contribution is -0.125. The minimum Gasteiger partial charge on any atom is -0.350 e. The molecule has 0 aliphatic carbocycles. The first-order valence-electron chi connectivity index (χ1n) is 8.66. The highest BCUT2D eigenvalue weighted by Crippen LogP contribution is 2.05. The van der Waals surface area contributed by atoms with Gasteiger partial charge in [-0.3, -0.25) is 9.59 Å². The first-order valence-corrected chi connectivity index (χ1v) is 8.66. The van der Waals surface area contributed by atoms with Gasteiger partial charge in [0.15, 0.2) is 0 Å². The first-order chi connectivity index (χ1) is 13.2. The highest BCUT2D eigenvalue weighted by Gasteiger charge is 2.06. The molecule has 0 saturated carbocycles. The number of carbonyl (C=O) groups excluding carboxylic acids is 2. The molecule has 2 N–H and O–H groups in total. The Morgan fingerprint density at radius 3 is 2.30 bits per heavy atom. The summed E-state index contributed by atoms with van der Waals surface area (Å²) in [5, 5.41) is 9.50. The fraction of sp³-hybridized carbons (Fsp3) is 0.200. The molecular formula is C20H21N5O2. The topological polar surface area (TPSA) is 88.9 Å². The summed E-state index contributed by atoms with van der Waals surface area (Å²) in [7, 11) is 0. The van der Waals surface area contributed by atoms with Gasteiger partial charge in [0.05, 0.1) is 19.5 Å². The Morgan fingerprint density at radius 1 is 0.852 bits per heavy atom. The smallest absolute Gasteiger partial charge is 0.239 e. The molecule has 0 unspecified atom stereocenters. The van der Waals surface area contributed by atoms with Crippen LogP contribution in [0.4, 0.5) is 0 Å². The van der Waals surface area contributed by atoms with E-state index < -0.39 is 0 Å². The number of rotatable bonds is 8. The number of nitrogens with one attached hydrogen (secondary N) is 2. The zero-order chi connectivity index (χ0) is 18.9. The zero-order valence-electron chi connectivity index (χ0n) is 14.8. The fourth-order valence-electron chi connectivity index (χ4n) is 2.55. The van der Waals surface area contributed by atoms with Crippen molar-refractivity contribution >= 4 is 11.8 Å². The maximum absolute atomic E-state index is 11.9. The molecule has 0 bridgehead atoms. The van der Waals surface area contributed by atoms with Crippen LogP contribution in [0.2, 0.25) is 0 Å². The van der Waals surface area contributed by atoms with Gasteiger partial charge in [-0.2, -0.15) is 5.10 Å². The summed E-state index contributed by atoms with van der Waals surface area (Å²) in [6.45, 7) is 1.03. The predicted molar refractivity (Wildman–Crippen MR) is 101 cm³/mol. The molecule has 0 aliphatic rings. The van der Waals surface area contributed by atoms with E-state index in [9.17, 15) is 9.59 Å². The average Bonchev–Trinajstić information content (AvgIpc) is 3.20. The van der Waals surface area contributed by atoms with Crippen LogP contribution in [0.15, 0.2) is 67.3 Å². The van der Waals surface area contributed by atoms with Gasteiger partial charge in [0.25, 0.3) is 0 Å². The van der Waals surface area contributed by atoms with Crippen molar-refractivity contribution in [2.45, 2.75) is 19.5 Å². The van der Waals surface area contributed by atoms with Crippen molar-refractivity contribution in [3.63, 3.8) is 0 Å². The number of aromatic nitrogens is 3. The monoisotopic (exact) mass is 363 g/mol. The molecule has 27 heavy (non-hydrogen) atoms. The summed E-state index contributed by atoms with van der Waals surface area (Å²) in [6.07, 6.45) is 3.43. The third-order valence-electron chi connectivity index (χ3n) is 3.98. The zero-order valence-corrected chi connectivity index (χ0v) is 14.8. The van der Waals surface area contributed by atoms with Gasteiger partial charge in [0.1, 0.15) is 12.7 Å². The van der Waals surface area contributed by atoms with E-state index in [1.807, 2.05) is 54.6 Å². The normalized spacial score (nSPS) is 10.4. The van der Waals surface area contributed by atoms with Gasteiger partial charge in [-0.25, -0.2) is 9.67 Å². The van der Waals surface area contributed by atoms with Crippen molar-refractivity contribution in [1.29, 1.82) is 0 Å². The molecule has 1 aromatic heterocycles. The van der Waals surface area contributed by atoms with Gasteiger partial charge >= 0.3 is 0 Å². The molecule has 0 atom stereocenters. The van der Waals surface area contributed by atoms with Crippen LogP contribution >= 0.6 is 0 Å². The van der Waals surface area contributed by atoms with Gasteiger partial charge < -0.3 is 10.6 Å². The number of nitrogens with zero attached hydrogens (tertiary/aromatic N) is 3. The molecule has 1 heterocycles. The van der Waals surface area contributed by atoms with Crippen LogP contribution in [0.1, 0.15) is 16.7 Å². The van der Waals surface area contributed by atoms with Gasteiger partial charge in [-0.15, -0.1) is 0 Å². The lowest BCUT2D eigenvalue weighted by Crippen LogP contribution is -2.37. The maximum Gasteiger partial charge on any atom is 0.239 e. The summed E-state index contributed by atoms with van der Waals surface area (Å²) in [6, 6.07) is 17.3. The van der Waals surface area contributed by atoms with Crippen LogP contribution in [-0.2, 0) is 29.1 Å². The number of hydrogen-bond donors (Lipinski definition) is 2. The van der Waals surface area contributed by atoms with Crippen molar-refractivity contribution in [1.82, 2.24) is 25.4 Å². The molecule has 3 rings (SSSR count). The quantitative estimate of drug-likeness (QED) is 0.631. The van der Waals surface area contributed by atoms with Crippen LogP contribution in [-0.4, -0.2) is 33.1 Å². The van der Waals surface area contributed by atoms with Crippen molar-refractivity contribution < 1.29 is 9.59 Å². The minimum absolute atomic E-state index is 0.0317. The van der Waals surface area contributed by atoms with Crippen molar-refractivity contribution in [3.8, 4) is 0 Å². The van der Waals surface area contributed by atoms with E-state index in [0.717, 1.165) is 16.7 Å². The Hall–Kier alpha value is -3.48. The molecule has 0 aliphatic heterocycles. The van der Waals surface area contributed by atoms with Gasteiger partial charge in [0, 0.05) is 6.54 Å². The number of hydrogen-bond acceptors (Lipinski definition) is 4. The van der Waals surface area contributed by atoms with Gasteiger partial charge in [-0.1, -0.05) is 54.6 Å². The first kappa shape index (κ1) is 18.3. The molecule has 7 heteroatoms. The van der Waals surface area contributed by atoms with Crippen molar-refractivity contribution in [2.24, 2.45) is 0 Å².